The fourth-order valence-corrected chi connectivity index (χ4v) is 2.54. The Balaban J connectivity index is 2.19. The number of pyridine rings is 1. The first-order valence-corrected chi connectivity index (χ1v) is 7.29. The van der Waals surface area contributed by atoms with E-state index in [4.69, 9.17) is 23.2 Å². The molecule has 0 saturated heterocycles. The van der Waals surface area contributed by atoms with Gasteiger partial charge in [0.15, 0.2) is 5.78 Å². The molecule has 0 atom stereocenters. The van der Waals surface area contributed by atoms with Crippen LogP contribution in [0.1, 0.15) is 17.3 Å². The maximum Gasteiger partial charge on any atom is 0.163 e. The van der Waals surface area contributed by atoms with Crippen LogP contribution in [0.25, 0.3) is 16.9 Å². The Kier molecular flexibility index (Phi) is 3.96. The van der Waals surface area contributed by atoms with Crippen LogP contribution >= 0.6 is 23.2 Å². The van der Waals surface area contributed by atoms with Crippen LogP contribution in [0.2, 0.25) is 10.2 Å². The molecule has 0 aliphatic carbocycles. The standard InChI is InChI=1S/C16H11Cl2N3O/c1-10(22)13-9-21(11-6-7-19-15(18)8-11)20-16(13)12-4-2-3-5-14(12)17/h2-9H,1H3. The molecule has 0 amide bonds. The average molecular weight is 332 g/mol. The Morgan fingerprint density at radius 3 is 2.64 bits per heavy atom. The molecule has 2 aromatic heterocycles. The van der Waals surface area contributed by atoms with E-state index in [2.05, 4.69) is 10.1 Å². The molecule has 1 aromatic carbocycles. The number of rotatable bonds is 3. The molecule has 0 N–H and O–H groups in total. The zero-order valence-corrected chi connectivity index (χ0v) is 13.1. The summed E-state index contributed by atoms with van der Waals surface area (Å²) < 4.78 is 1.60. The number of ketones is 1. The molecular weight excluding hydrogens is 321 g/mol. The zero-order valence-electron chi connectivity index (χ0n) is 11.6. The van der Waals surface area contributed by atoms with Gasteiger partial charge in [-0.1, -0.05) is 41.4 Å². The van der Waals surface area contributed by atoms with E-state index >= 15 is 0 Å². The third-order valence-corrected chi connectivity index (χ3v) is 3.73. The fourth-order valence-electron chi connectivity index (χ4n) is 2.15. The van der Waals surface area contributed by atoms with Gasteiger partial charge in [-0.3, -0.25) is 4.79 Å². The van der Waals surface area contributed by atoms with Crippen molar-refractivity contribution >= 4 is 29.0 Å². The molecule has 3 rings (SSSR count). The van der Waals surface area contributed by atoms with Crippen LogP contribution < -0.4 is 0 Å². The van der Waals surface area contributed by atoms with Crippen LogP contribution in [0.5, 0.6) is 0 Å². The lowest BCUT2D eigenvalue weighted by Gasteiger charge is -2.02. The Hall–Kier alpha value is -2.17. The first-order chi connectivity index (χ1) is 10.6. The van der Waals surface area contributed by atoms with Crippen molar-refractivity contribution in [3.8, 4) is 16.9 Å². The molecule has 6 heteroatoms. The zero-order chi connectivity index (χ0) is 15.7. The van der Waals surface area contributed by atoms with Crippen LogP contribution in [-0.4, -0.2) is 20.5 Å². The van der Waals surface area contributed by atoms with E-state index in [0.717, 1.165) is 5.69 Å². The smallest absolute Gasteiger partial charge is 0.163 e. The molecule has 0 aliphatic heterocycles. The largest absolute Gasteiger partial charge is 0.294 e. The summed E-state index contributed by atoms with van der Waals surface area (Å²) in [5.41, 5.74) is 2.49. The van der Waals surface area contributed by atoms with Gasteiger partial charge in [-0.25, -0.2) is 9.67 Å². The second-order valence-electron chi connectivity index (χ2n) is 4.71. The van der Waals surface area contributed by atoms with Crippen LogP contribution in [-0.2, 0) is 0 Å². The monoisotopic (exact) mass is 331 g/mol. The maximum absolute atomic E-state index is 11.9. The second kappa shape index (κ2) is 5.91. The van der Waals surface area contributed by atoms with E-state index in [1.54, 1.807) is 35.3 Å². The molecule has 0 aliphatic rings. The van der Waals surface area contributed by atoms with Crippen molar-refractivity contribution in [2.45, 2.75) is 6.92 Å². The summed E-state index contributed by atoms with van der Waals surface area (Å²) in [5.74, 6) is -0.0821. The molecule has 110 valence electrons. The highest BCUT2D eigenvalue weighted by Gasteiger charge is 2.17. The first-order valence-electron chi connectivity index (χ1n) is 6.53. The van der Waals surface area contributed by atoms with E-state index in [-0.39, 0.29) is 5.78 Å². The molecule has 3 aromatic rings. The summed E-state index contributed by atoms with van der Waals surface area (Å²) in [6, 6.07) is 10.7. The van der Waals surface area contributed by atoms with E-state index < -0.39 is 0 Å². The molecule has 0 bridgehead atoms. The number of benzene rings is 1. The molecule has 2 heterocycles. The predicted octanol–water partition coefficient (Wildman–Crippen LogP) is 4.44. The van der Waals surface area contributed by atoms with E-state index in [1.165, 1.54) is 6.92 Å². The van der Waals surface area contributed by atoms with Gasteiger partial charge in [-0.2, -0.15) is 5.10 Å². The number of carbonyl (C=O) groups excluding carboxylic acids is 1. The number of Topliss-reactive ketones (excluding diaryl/α,β-unsaturated/α-hetero) is 1. The Morgan fingerprint density at radius 1 is 1.18 bits per heavy atom. The number of carbonyl (C=O) groups is 1. The Bertz CT molecular complexity index is 858. The maximum atomic E-state index is 11.9. The average Bonchev–Trinajstić information content (AvgIpc) is 2.93. The van der Waals surface area contributed by atoms with Gasteiger partial charge in [-0.05, 0) is 19.1 Å². The van der Waals surface area contributed by atoms with Crippen molar-refractivity contribution in [2.75, 3.05) is 0 Å². The van der Waals surface area contributed by atoms with Crippen molar-refractivity contribution in [3.05, 3.63) is 64.5 Å². The summed E-state index contributed by atoms with van der Waals surface area (Å²) in [6.45, 7) is 1.50. The molecular formula is C16H11Cl2N3O. The summed E-state index contributed by atoms with van der Waals surface area (Å²) >= 11 is 12.1. The van der Waals surface area contributed by atoms with Crippen LogP contribution in [0.4, 0.5) is 0 Å². The van der Waals surface area contributed by atoms with Crippen molar-refractivity contribution in [3.63, 3.8) is 0 Å². The van der Waals surface area contributed by atoms with Crippen molar-refractivity contribution in [1.29, 1.82) is 0 Å². The van der Waals surface area contributed by atoms with Gasteiger partial charge in [0.2, 0.25) is 0 Å². The summed E-state index contributed by atoms with van der Waals surface area (Å²) in [4.78, 5) is 15.9. The van der Waals surface area contributed by atoms with Gasteiger partial charge in [0.1, 0.15) is 10.8 Å². The third-order valence-electron chi connectivity index (χ3n) is 3.20. The minimum atomic E-state index is -0.0821. The molecule has 4 nitrogen and oxygen atoms in total. The van der Waals surface area contributed by atoms with Gasteiger partial charge in [0.25, 0.3) is 0 Å². The molecule has 22 heavy (non-hydrogen) atoms. The van der Waals surface area contributed by atoms with Gasteiger partial charge < -0.3 is 0 Å². The molecule has 0 fully saturated rings. The number of hydrogen-bond donors (Lipinski definition) is 0. The van der Waals surface area contributed by atoms with Crippen LogP contribution in [0.3, 0.4) is 0 Å². The second-order valence-corrected chi connectivity index (χ2v) is 5.50. The third kappa shape index (κ3) is 2.75. The number of nitrogens with zero attached hydrogens (tertiary/aromatic N) is 3. The molecule has 0 spiro atoms. The van der Waals surface area contributed by atoms with Gasteiger partial charge in [0, 0.05) is 24.0 Å². The highest BCUT2D eigenvalue weighted by Crippen LogP contribution is 2.30. The van der Waals surface area contributed by atoms with Gasteiger partial charge in [-0.15, -0.1) is 0 Å². The minimum Gasteiger partial charge on any atom is -0.294 e. The van der Waals surface area contributed by atoms with Gasteiger partial charge >= 0.3 is 0 Å². The topological polar surface area (TPSA) is 47.8 Å². The summed E-state index contributed by atoms with van der Waals surface area (Å²) in [5, 5.41) is 5.40. The molecule has 0 unspecified atom stereocenters. The number of halogens is 2. The summed E-state index contributed by atoms with van der Waals surface area (Å²) in [6.07, 6.45) is 3.26. The number of aromatic nitrogens is 3. The quantitative estimate of drug-likeness (QED) is 0.526. The number of hydrogen-bond acceptors (Lipinski definition) is 3. The fraction of sp³-hybridized carbons (Fsp3) is 0.0625. The van der Waals surface area contributed by atoms with Crippen LogP contribution in [0, 0.1) is 0 Å². The van der Waals surface area contributed by atoms with Gasteiger partial charge in [0.05, 0.1) is 16.3 Å². The minimum absolute atomic E-state index is 0.0821. The van der Waals surface area contributed by atoms with E-state index in [1.807, 2.05) is 18.2 Å². The lowest BCUT2D eigenvalue weighted by atomic mass is 10.1. The normalized spacial score (nSPS) is 10.7. The van der Waals surface area contributed by atoms with Crippen LogP contribution in [0.15, 0.2) is 48.8 Å². The Labute approximate surface area is 137 Å². The van der Waals surface area contributed by atoms with Crippen molar-refractivity contribution in [1.82, 2.24) is 14.8 Å². The molecule has 0 radical (unpaired) electrons. The SMILES string of the molecule is CC(=O)c1cn(-c2ccnc(Cl)c2)nc1-c1ccccc1Cl. The van der Waals surface area contributed by atoms with E-state index in [9.17, 15) is 4.79 Å². The van der Waals surface area contributed by atoms with E-state index in [0.29, 0.717) is 27.0 Å². The first kappa shape index (κ1) is 14.8. The summed E-state index contributed by atoms with van der Waals surface area (Å²) in [7, 11) is 0. The highest BCUT2D eigenvalue weighted by molar-refractivity contribution is 6.33. The predicted molar refractivity (Wildman–Crippen MR) is 86.8 cm³/mol. The molecule has 0 saturated carbocycles. The Morgan fingerprint density at radius 2 is 1.95 bits per heavy atom. The lowest BCUT2D eigenvalue weighted by molar-refractivity contribution is 0.101. The van der Waals surface area contributed by atoms with Crippen molar-refractivity contribution < 1.29 is 4.79 Å². The lowest BCUT2D eigenvalue weighted by Crippen LogP contribution is -1.95. The van der Waals surface area contributed by atoms with Crippen molar-refractivity contribution in [2.24, 2.45) is 0 Å². The highest BCUT2D eigenvalue weighted by atomic mass is 35.5.